The molecule has 2 N–H and O–H groups in total. The molecule has 0 spiro atoms. The monoisotopic (exact) mass is 248 g/mol. The van der Waals surface area contributed by atoms with Gasteiger partial charge in [0.2, 0.25) is 0 Å². The van der Waals surface area contributed by atoms with Gasteiger partial charge in [0.1, 0.15) is 0 Å². The van der Waals surface area contributed by atoms with Crippen LogP contribution in [0.1, 0.15) is 12.0 Å². The van der Waals surface area contributed by atoms with Crippen LogP contribution in [0.3, 0.4) is 0 Å². The SMILES string of the molecule is CN1CCN(C)C(CC(N)Cc2cccnc2)C1. The number of nitrogens with zero attached hydrogens (tertiary/aromatic N) is 3. The summed E-state index contributed by atoms with van der Waals surface area (Å²) in [6.45, 7) is 3.42. The minimum absolute atomic E-state index is 0.216. The second-order valence-corrected chi connectivity index (χ2v) is 5.46. The molecule has 18 heavy (non-hydrogen) atoms. The molecule has 0 aliphatic carbocycles. The Balaban J connectivity index is 1.85. The molecule has 1 aromatic rings. The quantitative estimate of drug-likeness (QED) is 0.847. The van der Waals surface area contributed by atoms with Crippen molar-refractivity contribution >= 4 is 0 Å². The molecule has 4 nitrogen and oxygen atoms in total. The Kier molecular flexibility index (Phi) is 4.69. The van der Waals surface area contributed by atoms with Gasteiger partial charge in [-0.05, 0) is 38.6 Å². The van der Waals surface area contributed by atoms with Crippen LogP contribution in [0.25, 0.3) is 0 Å². The highest BCUT2D eigenvalue weighted by atomic mass is 15.3. The molecule has 2 heterocycles. The van der Waals surface area contributed by atoms with Gasteiger partial charge in [-0.25, -0.2) is 0 Å². The zero-order valence-corrected chi connectivity index (χ0v) is 11.4. The fourth-order valence-electron chi connectivity index (χ4n) is 2.61. The highest BCUT2D eigenvalue weighted by Gasteiger charge is 2.23. The molecular formula is C14H24N4. The third-order valence-electron chi connectivity index (χ3n) is 3.78. The summed E-state index contributed by atoms with van der Waals surface area (Å²) in [7, 11) is 4.39. The Bertz CT molecular complexity index is 354. The third kappa shape index (κ3) is 3.77. The van der Waals surface area contributed by atoms with Crippen LogP contribution in [-0.2, 0) is 6.42 Å². The van der Waals surface area contributed by atoms with Crippen LogP contribution in [0.15, 0.2) is 24.5 Å². The first-order valence-electron chi connectivity index (χ1n) is 6.68. The van der Waals surface area contributed by atoms with Gasteiger partial charge in [0.15, 0.2) is 0 Å². The molecule has 2 rings (SSSR count). The van der Waals surface area contributed by atoms with Gasteiger partial charge in [-0.2, -0.15) is 0 Å². The lowest BCUT2D eigenvalue weighted by Gasteiger charge is -2.38. The third-order valence-corrected chi connectivity index (χ3v) is 3.78. The van der Waals surface area contributed by atoms with Crippen LogP contribution in [0.2, 0.25) is 0 Å². The Labute approximate surface area is 110 Å². The normalized spacial score (nSPS) is 24.1. The first-order chi connectivity index (χ1) is 8.65. The summed E-state index contributed by atoms with van der Waals surface area (Å²) in [6.07, 6.45) is 5.69. The second-order valence-electron chi connectivity index (χ2n) is 5.46. The standard InChI is InChI=1S/C14H24N4/c1-17-6-7-18(2)14(11-17)9-13(15)8-12-4-3-5-16-10-12/h3-5,10,13-14H,6-9,11,15H2,1-2H3. The van der Waals surface area contributed by atoms with Crippen LogP contribution in [0, 0.1) is 0 Å². The fraction of sp³-hybridized carbons (Fsp3) is 0.643. The average molecular weight is 248 g/mol. The summed E-state index contributed by atoms with van der Waals surface area (Å²) >= 11 is 0. The number of piperazine rings is 1. The molecule has 4 heteroatoms. The maximum absolute atomic E-state index is 6.27. The molecule has 1 fully saturated rings. The molecule has 0 bridgehead atoms. The van der Waals surface area contributed by atoms with Gasteiger partial charge in [0.05, 0.1) is 0 Å². The predicted octanol–water partition coefficient (Wildman–Crippen LogP) is 0.587. The molecule has 1 saturated heterocycles. The topological polar surface area (TPSA) is 45.4 Å². The second kappa shape index (κ2) is 6.27. The molecule has 2 atom stereocenters. The minimum atomic E-state index is 0.216. The molecule has 0 aromatic carbocycles. The van der Waals surface area contributed by atoms with Crippen LogP contribution in [0.4, 0.5) is 0 Å². The number of hydrogen-bond donors (Lipinski definition) is 1. The van der Waals surface area contributed by atoms with Crippen LogP contribution in [-0.4, -0.2) is 60.6 Å². The molecule has 1 aromatic heterocycles. The average Bonchev–Trinajstić information content (AvgIpc) is 2.35. The number of nitrogens with two attached hydrogens (primary N) is 1. The van der Waals surface area contributed by atoms with E-state index >= 15 is 0 Å². The Morgan fingerprint density at radius 1 is 1.44 bits per heavy atom. The maximum Gasteiger partial charge on any atom is 0.0300 e. The lowest BCUT2D eigenvalue weighted by molar-refractivity contribution is 0.104. The Morgan fingerprint density at radius 2 is 2.28 bits per heavy atom. The molecule has 2 unspecified atom stereocenters. The smallest absolute Gasteiger partial charge is 0.0300 e. The summed E-state index contributed by atoms with van der Waals surface area (Å²) in [5.74, 6) is 0. The van der Waals surface area contributed by atoms with Crippen molar-refractivity contribution in [2.45, 2.75) is 24.9 Å². The van der Waals surface area contributed by atoms with E-state index in [-0.39, 0.29) is 6.04 Å². The van der Waals surface area contributed by atoms with E-state index in [1.165, 1.54) is 5.56 Å². The van der Waals surface area contributed by atoms with Crippen molar-refractivity contribution in [3.8, 4) is 0 Å². The van der Waals surface area contributed by atoms with Crippen molar-refractivity contribution in [3.05, 3.63) is 30.1 Å². The van der Waals surface area contributed by atoms with Gasteiger partial charge in [0, 0.05) is 44.1 Å². The van der Waals surface area contributed by atoms with Crippen molar-refractivity contribution < 1.29 is 0 Å². The molecule has 0 amide bonds. The van der Waals surface area contributed by atoms with Gasteiger partial charge in [-0.1, -0.05) is 6.07 Å². The van der Waals surface area contributed by atoms with Gasteiger partial charge in [-0.15, -0.1) is 0 Å². The van der Waals surface area contributed by atoms with E-state index in [9.17, 15) is 0 Å². The molecular weight excluding hydrogens is 224 g/mol. The molecule has 100 valence electrons. The number of hydrogen-bond acceptors (Lipinski definition) is 4. The van der Waals surface area contributed by atoms with Crippen molar-refractivity contribution in [1.82, 2.24) is 14.8 Å². The maximum atomic E-state index is 6.27. The minimum Gasteiger partial charge on any atom is -0.327 e. The summed E-state index contributed by atoms with van der Waals surface area (Å²) in [5, 5.41) is 0. The van der Waals surface area contributed by atoms with Crippen molar-refractivity contribution in [2.24, 2.45) is 5.73 Å². The van der Waals surface area contributed by atoms with E-state index in [1.807, 2.05) is 12.3 Å². The lowest BCUT2D eigenvalue weighted by Crippen LogP contribution is -2.51. The van der Waals surface area contributed by atoms with E-state index in [2.05, 4.69) is 34.9 Å². The largest absolute Gasteiger partial charge is 0.327 e. The molecule has 0 saturated carbocycles. The summed E-state index contributed by atoms with van der Waals surface area (Å²) in [6, 6.07) is 4.87. The van der Waals surface area contributed by atoms with Crippen LogP contribution in [0.5, 0.6) is 0 Å². The first-order valence-corrected chi connectivity index (χ1v) is 6.68. The van der Waals surface area contributed by atoms with Gasteiger partial charge in [-0.3, -0.25) is 4.98 Å². The van der Waals surface area contributed by atoms with Gasteiger partial charge in [0.25, 0.3) is 0 Å². The van der Waals surface area contributed by atoms with Crippen LogP contribution >= 0.6 is 0 Å². The van der Waals surface area contributed by atoms with Crippen molar-refractivity contribution in [1.29, 1.82) is 0 Å². The predicted molar refractivity (Wildman–Crippen MR) is 74.4 cm³/mol. The highest BCUT2D eigenvalue weighted by molar-refractivity contribution is 5.10. The fourth-order valence-corrected chi connectivity index (χ4v) is 2.61. The summed E-state index contributed by atoms with van der Waals surface area (Å²) in [4.78, 5) is 8.96. The van der Waals surface area contributed by atoms with Crippen molar-refractivity contribution in [3.63, 3.8) is 0 Å². The van der Waals surface area contributed by atoms with E-state index in [0.717, 1.165) is 32.5 Å². The zero-order valence-electron chi connectivity index (χ0n) is 11.4. The number of aromatic nitrogens is 1. The zero-order chi connectivity index (χ0) is 13.0. The van der Waals surface area contributed by atoms with E-state index < -0.39 is 0 Å². The number of rotatable bonds is 4. The first kappa shape index (κ1) is 13.5. The van der Waals surface area contributed by atoms with E-state index in [0.29, 0.717) is 6.04 Å². The van der Waals surface area contributed by atoms with Gasteiger partial charge < -0.3 is 15.5 Å². The number of likely N-dealkylation sites (N-methyl/N-ethyl adjacent to an activating group) is 2. The van der Waals surface area contributed by atoms with Crippen molar-refractivity contribution in [2.75, 3.05) is 33.7 Å². The highest BCUT2D eigenvalue weighted by Crippen LogP contribution is 2.13. The number of pyridine rings is 1. The van der Waals surface area contributed by atoms with E-state index in [4.69, 9.17) is 5.73 Å². The lowest BCUT2D eigenvalue weighted by atomic mass is 9.99. The summed E-state index contributed by atoms with van der Waals surface area (Å²) < 4.78 is 0. The molecule has 1 aliphatic heterocycles. The molecule has 1 aliphatic rings. The summed E-state index contributed by atoms with van der Waals surface area (Å²) in [5.41, 5.74) is 7.50. The Morgan fingerprint density at radius 3 is 3.00 bits per heavy atom. The van der Waals surface area contributed by atoms with Gasteiger partial charge >= 0.3 is 0 Å². The molecule has 0 radical (unpaired) electrons. The van der Waals surface area contributed by atoms with Crippen LogP contribution < -0.4 is 5.73 Å². The Hall–Kier alpha value is -0.970. The van der Waals surface area contributed by atoms with E-state index in [1.54, 1.807) is 6.20 Å².